The molecule has 1 amide bonds. The van der Waals surface area contributed by atoms with E-state index in [0.29, 0.717) is 41.6 Å². The van der Waals surface area contributed by atoms with Gasteiger partial charge in [0, 0.05) is 30.3 Å². The van der Waals surface area contributed by atoms with Gasteiger partial charge in [0.15, 0.2) is 0 Å². The molecule has 2 aromatic heterocycles. The van der Waals surface area contributed by atoms with Crippen molar-refractivity contribution in [2.45, 2.75) is 25.9 Å². The third kappa shape index (κ3) is 5.90. The third-order valence-electron chi connectivity index (χ3n) is 6.10. The maximum absolute atomic E-state index is 14.3. The number of carbonyl (C=O) groups is 1. The summed E-state index contributed by atoms with van der Waals surface area (Å²) in [5.74, 6) is 0.0564. The molecule has 0 radical (unpaired) electrons. The summed E-state index contributed by atoms with van der Waals surface area (Å²) in [7, 11) is -0.703. The molecule has 1 saturated heterocycles. The van der Waals surface area contributed by atoms with Gasteiger partial charge in [-0.3, -0.25) is 9.59 Å². The van der Waals surface area contributed by atoms with E-state index in [9.17, 15) is 18.4 Å². The van der Waals surface area contributed by atoms with E-state index in [-0.39, 0.29) is 36.3 Å². The minimum absolute atomic E-state index is 0.00899. The minimum atomic E-state index is -1.03. The Hall–Kier alpha value is -2.36. The Morgan fingerprint density at radius 3 is 2.66 bits per heavy atom. The van der Waals surface area contributed by atoms with Crippen molar-refractivity contribution in [3.63, 3.8) is 0 Å². The van der Waals surface area contributed by atoms with Crippen LogP contribution < -0.4 is 5.56 Å². The Morgan fingerprint density at radius 2 is 2.00 bits per heavy atom. The Kier molecular flexibility index (Phi) is 7.59. The first-order chi connectivity index (χ1) is 16.5. The number of halogens is 3. The lowest BCUT2D eigenvalue weighted by Crippen LogP contribution is -2.35. The van der Waals surface area contributed by atoms with Crippen molar-refractivity contribution in [1.82, 2.24) is 14.0 Å². The molecule has 10 heteroatoms. The molecular weight excluding hydrogens is 496 g/mol. The van der Waals surface area contributed by atoms with Gasteiger partial charge in [0.05, 0.1) is 29.1 Å². The molecule has 3 aromatic rings. The van der Waals surface area contributed by atoms with Crippen LogP contribution in [0.3, 0.4) is 0 Å². The quantitative estimate of drug-likeness (QED) is 0.407. The standard InChI is InChI=1S/C25H30ClF2N3O3S/c1-35(2,3)11-10-34-16-31-14-19(17-4-5-20(26)21(28)12-17)24-22(31)7-9-30(25(24)33)15-23(32)29-8-6-18(27)13-29/h4-5,7,9,12,14,18H,6,8,10-11,13,15-16H2,1-3H3. The zero-order valence-electron chi connectivity index (χ0n) is 20.1. The summed E-state index contributed by atoms with van der Waals surface area (Å²) in [6, 6.07) is 6.14. The van der Waals surface area contributed by atoms with Gasteiger partial charge in [0.1, 0.15) is 25.3 Å². The van der Waals surface area contributed by atoms with Gasteiger partial charge in [-0.05, 0) is 49.0 Å². The minimum Gasteiger partial charge on any atom is -0.360 e. The average molecular weight is 526 g/mol. The van der Waals surface area contributed by atoms with Crippen LogP contribution in [0.1, 0.15) is 6.42 Å². The molecule has 6 nitrogen and oxygen atoms in total. The number of hydrogen-bond donors (Lipinski definition) is 0. The number of hydrogen-bond acceptors (Lipinski definition) is 3. The molecule has 0 bridgehead atoms. The molecule has 1 aliphatic rings. The van der Waals surface area contributed by atoms with Crippen LogP contribution in [-0.2, 0) is 22.8 Å². The summed E-state index contributed by atoms with van der Waals surface area (Å²) in [6.07, 6.45) is 9.26. The first-order valence-electron chi connectivity index (χ1n) is 11.4. The molecule has 1 aromatic carbocycles. The van der Waals surface area contributed by atoms with Gasteiger partial charge in [-0.2, -0.15) is 0 Å². The van der Waals surface area contributed by atoms with Gasteiger partial charge in [-0.1, -0.05) is 17.7 Å². The summed E-state index contributed by atoms with van der Waals surface area (Å²) in [5, 5.41) is 0.349. The van der Waals surface area contributed by atoms with Gasteiger partial charge in [0.25, 0.3) is 5.56 Å². The van der Waals surface area contributed by atoms with Crippen LogP contribution in [-0.4, -0.2) is 70.3 Å². The number of likely N-dealkylation sites (tertiary alicyclic amines) is 1. The number of benzene rings is 1. The Labute approximate surface area is 209 Å². The molecule has 0 spiro atoms. The van der Waals surface area contributed by atoms with Crippen molar-refractivity contribution in [2.75, 3.05) is 44.2 Å². The van der Waals surface area contributed by atoms with Crippen molar-refractivity contribution in [3.05, 3.63) is 57.9 Å². The van der Waals surface area contributed by atoms with E-state index >= 15 is 0 Å². The molecule has 1 atom stereocenters. The third-order valence-corrected chi connectivity index (χ3v) is 7.79. The zero-order valence-corrected chi connectivity index (χ0v) is 21.7. The number of alkyl halides is 1. The second-order valence-corrected chi connectivity index (χ2v) is 14.7. The lowest BCUT2D eigenvalue weighted by atomic mass is 10.1. The van der Waals surface area contributed by atoms with Crippen LogP contribution in [0.4, 0.5) is 8.78 Å². The second-order valence-electron chi connectivity index (χ2n) is 9.71. The van der Waals surface area contributed by atoms with Crippen LogP contribution in [0, 0.1) is 5.82 Å². The smallest absolute Gasteiger partial charge is 0.261 e. The molecule has 4 rings (SSSR count). The first-order valence-corrected chi connectivity index (χ1v) is 14.8. The number of carbonyl (C=O) groups excluding carboxylic acids is 1. The predicted octanol–water partition coefficient (Wildman–Crippen LogP) is 4.50. The topological polar surface area (TPSA) is 56.5 Å². The molecule has 35 heavy (non-hydrogen) atoms. The first kappa shape index (κ1) is 25.7. The van der Waals surface area contributed by atoms with Gasteiger partial charge >= 0.3 is 0 Å². The van der Waals surface area contributed by atoms with Gasteiger partial charge in [-0.25, -0.2) is 18.8 Å². The highest BCUT2D eigenvalue weighted by atomic mass is 35.5. The summed E-state index contributed by atoms with van der Waals surface area (Å²) in [4.78, 5) is 27.6. The fraction of sp³-hybridized carbons (Fsp3) is 0.440. The van der Waals surface area contributed by atoms with E-state index < -0.39 is 22.0 Å². The number of fused-ring (bicyclic) bond motifs is 1. The van der Waals surface area contributed by atoms with Crippen LogP contribution in [0.2, 0.25) is 5.02 Å². The van der Waals surface area contributed by atoms with E-state index in [2.05, 4.69) is 18.8 Å². The molecular formula is C25H30ClF2N3O3S. The van der Waals surface area contributed by atoms with E-state index in [1.165, 1.54) is 21.6 Å². The number of nitrogens with zero attached hydrogens (tertiary/aromatic N) is 3. The molecule has 0 saturated carbocycles. The van der Waals surface area contributed by atoms with Crippen molar-refractivity contribution >= 4 is 38.4 Å². The van der Waals surface area contributed by atoms with Crippen molar-refractivity contribution in [2.24, 2.45) is 0 Å². The SMILES string of the molecule is CS(C)(C)CCOCn1cc(-c2ccc(Cl)c(F)c2)c2c(=O)n(CC(=O)N3CCC(F)C3)ccc21. The molecule has 1 fully saturated rings. The van der Waals surface area contributed by atoms with E-state index in [1.54, 1.807) is 24.5 Å². The normalized spacial score (nSPS) is 16.9. The number of aromatic nitrogens is 2. The molecule has 190 valence electrons. The zero-order chi connectivity index (χ0) is 25.3. The Morgan fingerprint density at radius 1 is 1.23 bits per heavy atom. The van der Waals surface area contributed by atoms with E-state index in [0.717, 1.165) is 5.75 Å². The molecule has 1 aliphatic heterocycles. The average Bonchev–Trinajstić information content (AvgIpc) is 3.39. The van der Waals surface area contributed by atoms with Gasteiger partial charge in [-0.15, -0.1) is 0 Å². The van der Waals surface area contributed by atoms with Crippen molar-refractivity contribution < 1.29 is 18.3 Å². The van der Waals surface area contributed by atoms with Crippen molar-refractivity contribution in [3.8, 4) is 11.1 Å². The fourth-order valence-electron chi connectivity index (χ4n) is 4.12. The fourth-order valence-corrected chi connectivity index (χ4v) is 4.86. The number of pyridine rings is 1. The summed E-state index contributed by atoms with van der Waals surface area (Å²) in [5.41, 5.74) is 1.26. The van der Waals surface area contributed by atoms with Gasteiger partial charge < -0.3 is 18.8 Å². The van der Waals surface area contributed by atoms with Crippen LogP contribution >= 0.6 is 21.6 Å². The summed E-state index contributed by atoms with van der Waals surface area (Å²) < 4.78 is 36.8. The Balaban J connectivity index is 1.70. The largest absolute Gasteiger partial charge is 0.360 e. The van der Waals surface area contributed by atoms with Crippen LogP contribution in [0.15, 0.2) is 41.5 Å². The van der Waals surface area contributed by atoms with Crippen LogP contribution in [0.5, 0.6) is 0 Å². The summed E-state index contributed by atoms with van der Waals surface area (Å²) in [6.45, 7) is 1.02. The lowest BCUT2D eigenvalue weighted by molar-refractivity contribution is -0.131. The highest BCUT2D eigenvalue weighted by Crippen LogP contribution is 2.34. The maximum atomic E-state index is 14.3. The Bertz CT molecular complexity index is 1300. The lowest BCUT2D eigenvalue weighted by Gasteiger charge is -2.24. The maximum Gasteiger partial charge on any atom is 0.261 e. The van der Waals surface area contributed by atoms with Crippen molar-refractivity contribution in [1.29, 1.82) is 0 Å². The highest BCUT2D eigenvalue weighted by Gasteiger charge is 2.26. The van der Waals surface area contributed by atoms with E-state index in [1.807, 2.05) is 4.57 Å². The monoisotopic (exact) mass is 525 g/mol. The molecule has 0 N–H and O–H groups in total. The molecule has 3 heterocycles. The summed E-state index contributed by atoms with van der Waals surface area (Å²) >= 11 is 5.87. The molecule has 1 unspecified atom stereocenters. The highest BCUT2D eigenvalue weighted by molar-refractivity contribution is 8.32. The second kappa shape index (κ2) is 10.3. The number of rotatable bonds is 8. The van der Waals surface area contributed by atoms with E-state index in [4.69, 9.17) is 16.3 Å². The number of ether oxygens (including phenoxy) is 1. The number of amides is 1. The van der Waals surface area contributed by atoms with Crippen LogP contribution in [0.25, 0.3) is 22.0 Å². The predicted molar refractivity (Wildman–Crippen MR) is 139 cm³/mol. The molecule has 0 aliphatic carbocycles. The van der Waals surface area contributed by atoms with Gasteiger partial charge in [0.2, 0.25) is 5.91 Å².